The SMILES string of the molecule is O=C(C[NH+]1CCN(c2ncccn2)CC1)Nc1ccccc1OC(F)F. The van der Waals surface area contributed by atoms with Gasteiger partial charge < -0.3 is 19.9 Å². The molecule has 1 amide bonds. The fourth-order valence-electron chi connectivity index (χ4n) is 2.84. The number of quaternary nitrogens is 1. The number of carbonyl (C=O) groups is 1. The summed E-state index contributed by atoms with van der Waals surface area (Å²) in [6, 6.07) is 7.93. The molecule has 1 aliphatic heterocycles. The van der Waals surface area contributed by atoms with Gasteiger partial charge in [0.15, 0.2) is 6.54 Å². The molecule has 1 saturated heterocycles. The van der Waals surface area contributed by atoms with Crippen molar-refractivity contribution in [1.29, 1.82) is 0 Å². The van der Waals surface area contributed by atoms with Gasteiger partial charge in [-0.05, 0) is 18.2 Å². The number of hydrogen-bond donors (Lipinski definition) is 2. The Morgan fingerprint density at radius 3 is 2.58 bits per heavy atom. The van der Waals surface area contributed by atoms with Gasteiger partial charge >= 0.3 is 6.61 Å². The van der Waals surface area contributed by atoms with Crippen molar-refractivity contribution in [2.75, 3.05) is 42.9 Å². The first kappa shape index (κ1) is 18.0. The zero-order valence-corrected chi connectivity index (χ0v) is 14.1. The van der Waals surface area contributed by atoms with Crippen LogP contribution >= 0.6 is 0 Å². The molecule has 26 heavy (non-hydrogen) atoms. The monoisotopic (exact) mass is 364 g/mol. The van der Waals surface area contributed by atoms with Crippen LogP contribution in [0.4, 0.5) is 20.4 Å². The van der Waals surface area contributed by atoms with Crippen LogP contribution in [0.2, 0.25) is 0 Å². The van der Waals surface area contributed by atoms with E-state index in [0.717, 1.165) is 31.1 Å². The van der Waals surface area contributed by atoms with Crippen molar-refractivity contribution in [1.82, 2.24) is 9.97 Å². The van der Waals surface area contributed by atoms with Gasteiger partial charge in [0.25, 0.3) is 5.91 Å². The summed E-state index contributed by atoms with van der Waals surface area (Å²) in [5, 5.41) is 2.65. The number of amides is 1. The van der Waals surface area contributed by atoms with Crippen molar-refractivity contribution in [2.45, 2.75) is 6.61 Å². The minimum absolute atomic E-state index is 0.0445. The fraction of sp³-hybridized carbons (Fsp3) is 0.353. The first-order chi connectivity index (χ1) is 12.6. The Kier molecular flexibility index (Phi) is 5.90. The zero-order chi connectivity index (χ0) is 18.4. The molecule has 0 unspecified atom stereocenters. The summed E-state index contributed by atoms with van der Waals surface area (Å²) in [7, 11) is 0. The molecular weight excluding hydrogens is 344 g/mol. The molecule has 1 aromatic carbocycles. The minimum Gasteiger partial charge on any atom is -0.433 e. The summed E-state index contributed by atoms with van der Waals surface area (Å²) < 4.78 is 29.3. The summed E-state index contributed by atoms with van der Waals surface area (Å²) in [5.41, 5.74) is 0.244. The lowest BCUT2D eigenvalue weighted by atomic mass is 10.2. The van der Waals surface area contributed by atoms with Crippen LogP contribution in [0.1, 0.15) is 0 Å². The molecule has 138 valence electrons. The Morgan fingerprint density at radius 1 is 1.19 bits per heavy atom. The van der Waals surface area contributed by atoms with Gasteiger partial charge in [-0.25, -0.2) is 9.97 Å². The highest BCUT2D eigenvalue weighted by molar-refractivity contribution is 5.92. The number of alkyl halides is 2. The van der Waals surface area contributed by atoms with Crippen LogP contribution in [0.5, 0.6) is 5.75 Å². The van der Waals surface area contributed by atoms with Crippen LogP contribution in [0, 0.1) is 0 Å². The van der Waals surface area contributed by atoms with E-state index in [1.807, 2.05) is 0 Å². The van der Waals surface area contributed by atoms with Gasteiger partial charge in [0.1, 0.15) is 5.75 Å². The van der Waals surface area contributed by atoms with Gasteiger partial charge in [0.05, 0.1) is 31.9 Å². The molecule has 0 atom stereocenters. The summed E-state index contributed by atoms with van der Waals surface area (Å²) in [6.45, 7) is 0.343. The number of benzene rings is 1. The molecule has 2 aromatic rings. The highest BCUT2D eigenvalue weighted by atomic mass is 19.3. The van der Waals surface area contributed by atoms with Crippen molar-refractivity contribution >= 4 is 17.5 Å². The molecule has 1 fully saturated rings. The van der Waals surface area contributed by atoms with Gasteiger partial charge in [-0.15, -0.1) is 0 Å². The molecule has 1 aromatic heterocycles. The second-order valence-corrected chi connectivity index (χ2v) is 5.89. The van der Waals surface area contributed by atoms with E-state index < -0.39 is 6.61 Å². The molecule has 3 rings (SSSR count). The normalized spacial score (nSPS) is 15.1. The lowest BCUT2D eigenvalue weighted by Crippen LogP contribution is -3.15. The predicted octanol–water partition coefficient (Wildman–Crippen LogP) is 0.422. The Hall–Kier alpha value is -2.81. The molecule has 2 heterocycles. The number of piperazine rings is 1. The average Bonchev–Trinajstić information content (AvgIpc) is 2.64. The largest absolute Gasteiger partial charge is 0.433 e. The summed E-state index contributed by atoms with van der Waals surface area (Å²) in [4.78, 5) is 23.9. The molecule has 0 aliphatic carbocycles. The van der Waals surface area contributed by atoms with Gasteiger partial charge in [-0.1, -0.05) is 12.1 Å². The van der Waals surface area contributed by atoms with Gasteiger partial charge in [-0.2, -0.15) is 8.78 Å². The number of anilines is 2. The van der Waals surface area contributed by atoms with E-state index in [1.54, 1.807) is 30.6 Å². The standard InChI is InChI=1S/C17H19F2N5O2/c18-16(19)26-14-5-2-1-4-13(14)22-15(25)12-23-8-10-24(11-9-23)17-20-6-3-7-21-17/h1-7,16H,8-12H2,(H,22,25)/p+1. The van der Waals surface area contributed by atoms with E-state index in [1.165, 1.54) is 12.1 Å². The Balaban J connectivity index is 1.51. The maximum atomic E-state index is 12.4. The van der Waals surface area contributed by atoms with E-state index >= 15 is 0 Å². The van der Waals surface area contributed by atoms with Gasteiger partial charge in [0, 0.05) is 12.4 Å². The second-order valence-electron chi connectivity index (χ2n) is 5.89. The summed E-state index contributed by atoms with van der Waals surface area (Å²) >= 11 is 0. The number of aromatic nitrogens is 2. The number of nitrogens with zero attached hydrogens (tertiary/aromatic N) is 3. The fourth-order valence-corrected chi connectivity index (χ4v) is 2.84. The maximum absolute atomic E-state index is 12.4. The van der Waals surface area contributed by atoms with Crippen molar-refractivity contribution in [3.63, 3.8) is 0 Å². The third-order valence-corrected chi connectivity index (χ3v) is 4.09. The lowest BCUT2D eigenvalue weighted by Gasteiger charge is -2.31. The molecule has 9 heteroatoms. The first-order valence-corrected chi connectivity index (χ1v) is 8.31. The van der Waals surface area contributed by atoms with Crippen LogP contribution in [0.3, 0.4) is 0 Å². The lowest BCUT2D eigenvalue weighted by molar-refractivity contribution is -0.892. The Labute approximate surface area is 149 Å². The van der Waals surface area contributed by atoms with Gasteiger partial charge in [-0.3, -0.25) is 4.79 Å². The molecule has 7 nitrogen and oxygen atoms in total. The molecule has 0 saturated carbocycles. The molecule has 1 aliphatic rings. The first-order valence-electron chi connectivity index (χ1n) is 8.31. The van der Waals surface area contributed by atoms with E-state index in [0.29, 0.717) is 5.95 Å². The number of para-hydroxylation sites is 2. The van der Waals surface area contributed by atoms with Crippen LogP contribution in [0.25, 0.3) is 0 Å². The number of halogens is 2. The minimum atomic E-state index is -2.94. The quantitative estimate of drug-likeness (QED) is 0.778. The smallest absolute Gasteiger partial charge is 0.387 e. The van der Waals surface area contributed by atoms with E-state index in [2.05, 4.69) is 24.9 Å². The molecule has 2 N–H and O–H groups in total. The van der Waals surface area contributed by atoms with Gasteiger partial charge in [0.2, 0.25) is 5.95 Å². The number of nitrogens with one attached hydrogen (secondary N) is 2. The summed E-state index contributed by atoms with van der Waals surface area (Å²) in [5.74, 6) is 0.403. The maximum Gasteiger partial charge on any atom is 0.387 e. The number of hydrogen-bond acceptors (Lipinski definition) is 5. The van der Waals surface area contributed by atoms with Crippen LogP contribution in [0.15, 0.2) is 42.7 Å². The van der Waals surface area contributed by atoms with Crippen molar-refractivity contribution in [3.05, 3.63) is 42.7 Å². The Morgan fingerprint density at radius 2 is 1.88 bits per heavy atom. The third kappa shape index (κ3) is 4.85. The third-order valence-electron chi connectivity index (χ3n) is 4.09. The highest BCUT2D eigenvalue weighted by Gasteiger charge is 2.24. The molecular formula is C17H20F2N5O2+. The Bertz CT molecular complexity index is 724. The zero-order valence-electron chi connectivity index (χ0n) is 14.1. The van der Waals surface area contributed by atoms with E-state index in [4.69, 9.17) is 0 Å². The molecule has 0 bridgehead atoms. The van der Waals surface area contributed by atoms with Crippen molar-refractivity contribution < 1.29 is 23.2 Å². The second kappa shape index (κ2) is 8.52. The number of rotatable bonds is 6. The number of carbonyl (C=O) groups excluding carboxylic acids is 1. The average molecular weight is 364 g/mol. The highest BCUT2D eigenvalue weighted by Crippen LogP contribution is 2.25. The molecule has 0 radical (unpaired) electrons. The van der Waals surface area contributed by atoms with Crippen LogP contribution in [-0.2, 0) is 4.79 Å². The molecule has 0 spiro atoms. The summed E-state index contributed by atoms with van der Waals surface area (Å²) in [6.07, 6.45) is 3.40. The number of ether oxygens (including phenoxy) is 1. The van der Waals surface area contributed by atoms with Crippen molar-refractivity contribution in [3.8, 4) is 5.75 Å². The van der Waals surface area contributed by atoms with E-state index in [-0.39, 0.29) is 23.9 Å². The van der Waals surface area contributed by atoms with Crippen LogP contribution in [-0.4, -0.2) is 55.2 Å². The van der Waals surface area contributed by atoms with Crippen molar-refractivity contribution in [2.24, 2.45) is 0 Å². The van der Waals surface area contributed by atoms with Crippen LogP contribution < -0.4 is 19.9 Å². The predicted molar refractivity (Wildman–Crippen MR) is 91.5 cm³/mol. The van der Waals surface area contributed by atoms with E-state index in [9.17, 15) is 13.6 Å². The topological polar surface area (TPSA) is 71.8 Å².